The number of ether oxygens (including phenoxy) is 2. The highest BCUT2D eigenvalue weighted by molar-refractivity contribution is 5.97. The lowest BCUT2D eigenvalue weighted by Gasteiger charge is -2.34. The van der Waals surface area contributed by atoms with E-state index in [0.717, 1.165) is 12.8 Å². The molecule has 0 saturated carbocycles. The Labute approximate surface area is 182 Å². The van der Waals surface area contributed by atoms with Gasteiger partial charge in [-0.1, -0.05) is 32.0 Å². The summed E-state index contributed by atoms with van der Waals surface area (Å²) >= 11 is 0. The topological polar surface area (TPSA) is 67.9 Å². The molecule has 166 valence electrons. The summed E-state index contributed by atoms with van der Waals surface area (Å²) < 4.78 is 24.6. The zero-order valence-electron chi connectivity index (χ0n) is 18.0. The van der Waals surface area contributed by atoms with Crippen LogP contribution in [0.1, 0.15) is 39.5 Å². The fraction of sp³-hybridized carbons (Fsp3) is 0.417. The van der Waals surface area contributed by atoms with Gasteiger partial charge in [-0.25, -0.2) is 4.39 Å². The smallest absolute Gasteiger partial charge is 0.263 e. The molecule has 31 heavy (non-hydrogen) atoms. The molecule has 7 heteroatoms. The number of carbonyl (C=O) groups excluding carboxylic acids is 2. The number of fused-ring (bicyclic) bond motifs is 1. The van der Waals surface area contributed by atoms with Gasteiger partial charge in [-0.15, -0.1) is 0 Å². The summed E-state index contributed by atoms with van der Waals surface area (Å²) in [4.78, 5) is 27.3. The number of nitrogens with zero attached hydrogens (tertiary/aromatic N) is 1. The van der Waals surface area contributed by atoms with Crippen LogP contribution in [0.25, 0.3) is 0 Å². The van der Waals surface area contributed by atoms with Gasteiger partial charge in [0.15, 0.2) is 6.10 Å². The molecule has 1 atom stereocenters. The Morgan fingerprint density at radius 1 is 1.19 bits per heavy atom. The first-order chi connectivity index (χ1) is 15.0. The molecular formula is C24H29FN2O4. The molecule has 1 unspecified atom stereocenters. The fourth-order valence-electron chi connectivity index (χ4n) is 3.50. The Balaban J connectivity index is 1.61. The number of para-hydroxylation sites is 2. The van der Waals surface area contributed by atoms with Gasteiger partial charge in [0.2, 0.25) is 5.91 Å². The fourth-order valence-corrected chi connectivity index (χ4v) is 3.50. The molecule has 2 aromatic rings. The van der Waals surface area contributed by atoms with Gasteiger partial charge in [0.25, 0.3) is 5.91 Å². The molecule has 0 aromatic heterocycles. The number of hydrogen-bond acceptors (Lipinski definition) is 4. The Morgan fingerprint density at radius 2 is 1.97 bits per heavy atom. The second kappa shape index (κ2) is 10.8. The van der Waals surface area contributed by atoms with Gasteiger partial charge in [-0.2, -0.15) is 0 Å². The molecule has 0 bridgehead atoms. The number of nitrogens with one attached hydrogen (secondary N) is 1. The summed E-state index contributed by atoms with van der Waals surface area (Å²) in [6, 6.07) is 13.2. The van der Waals surface area contributed by atoms with Crippen molar-refractivity contribution < 1.29 is 23.5 Å². The van der Waals surface area contributed by atoms with Gasteiger partial charge in [0.1, 0.15) is 17.3 Å². The zero-order chi connectivity index (χ0) is 22.2. The normalized spacial score (nSPS) is 15.2. The lowest BCUT2D eigenvalue weighted by molar-refractivity contribution is -0.129. The third kappa shape index (κ3) is 5.96. The van der Waals surface area contributed by atoms with Crippen molar-refractivity contribution in [2.45, 2.75) is 51.7 Å². The molecule has 0 spiro atoms. The van der Waals surface area contributed by atoms with Crippen LogP contribution in [-0.4, -0.2) is 37.1 Å². The molecule has 1 aliphatic heterocycles. The lowest BCUT2D eigenvalue weighted by Crippen LogP contribution is -2.52. The first-order valence-electron chi connectivity index (χ1n) is 10.8. The summed E-state index contributed by atoms with van der Waals surface area (Å²) in [6.07, 6.45) is 1.62. The van der Waals surface area contributed by atoms with Crippen molar-refractivity contribution in [2.75, 3.05) is 18.1 Å². The van der Waals surface area contributed by atoms with E-state index in [2.05, 4.69) is 5.32 Å². The molecule has 0 aliphatic carbocycles. The molecule has 3 rings (SSSR count). The van der Waals surface area contributed by atoms with Crippen LogP contribution in [0, 0.1) is 5.82 Å². The second-order valence-electron chi connectivity index (χ2n) is 7.51. The van der Waals surface area contributed by atoms with Gasteiger partial charge >= 0.3 is 0 Å². The standard InChI is InChI=1S/C24H29FN2O4/c1-3-18(4-2)26-24(29)22-16-27(20-11-5-6-12-21(20)31-22)23(28)13-8-14-30-19-10-7-9-17(25)15-19/h5-7,9-12,15,18,22H,3-4,8,13-14,16H2,1-2H3,(H,26,29). The largest absolute Gasteiger partial charge is 0.493 e. The molecule has 0 saturated heterocycles. The number of hydrogen-bond donors (Lipinski definition) is 1. The Hall–Kier alpha value is -3.09. The zero-order valence-corrected chi connectivity index (χ0v) is 18.0. The van der Waals surface area contributed by atoms with Crippen molar-refractivity contribution in [1.29, 1.82) is 0 Å². The van der Waals surface area contributed by atoms with E-state index >= 15 is 0 Å². The van der Waals surface area contributed by atoms with E-state index in [0.29, 0.717) is 30.2 Å². The third-order valence-corrected chi connectivity index (χ3v) is 5.30. The van der Waals surface area contributed by atoms with Crippen LogP contribution < -0.4 is 19.7 Å². The number of halogens is 1. The van der Waals surface area contributed by atoms with Gasteiger partial charge in [0.05, 0.1) is 18.8 Å². The molecule has 0 radical (unpaired) electrons. The van der Waals surface area contributed by atoms with Gasteiger partial charge in [0, 0.05) is 18.5 Å². The predicted octanol–water partition coefficient (Wildman–Crippen LogP) is 4.08. The third-order valence-electron chi connectivity index (χ3n) is 5.30. The first-order valence-corrected chi connectivity index (χ1v) is 10.8. The number of carbonyl (C=O) groups is 2. The highest BCUT2D eigenvalue weighted by Crippen LogP contribution is 2.33. The molecule has 2 amide bonds. The van der Waals surface area contributed by atoms with E-state index in [1.54, 1.807) is 23.1 Å². The quantitative estimate of drug-likeness (QED) is 0.611. The van der Waals surface area contributed by atoms with E-state index in [9.17, 15) is 14.0 Å². The minimum atomic E-state index is -0.761. The van der Waals surface area contributed by atoms with Crippen LogP contribution in [0.4, 0.5) is 10.1 Å². The monoisotopic (exact) mass is 428 g/mol. The lowest BCUT2D eigenvalue weighted by atomic mass is 10.1. The van der Waals surface area contributed by atoms with Gasteiger partial charge in [-0.3, -0.25) is 9.59 Å². The Morgan fingerprint density at radius 3 is 2.71 bits per heavy atom. The summed E-state index contributed by atoms with van der Waals surface area (Å²) in [6.45, 7) is 4.49. The molecule has 1 heterocycles. The average Bonchev–Trinajstić information content (AvgIpc) is 2.79. The van der Waals surface area contributed by atoms with E-state index in [1.165, 1.54) is 12.1 Å². The number of anilines is 1. The predicted molar refractivity (Wildman–Crippen MR) is 117 cm³/mol. The molecular weight excluding hydrogens is 399 g/mol. The minimum absolute atomic E-state index is 0.0809. The Bertz CT molecular complexity index is 901. The van der Waals surface area contributed by atoms with Crippen molar-refractivity contribution in [1.82, 2.24) is 5.32 Å². The van der Waals surface area contributed by atoms with Crippen molar-refractivity contribution in [3.63, 3.8) is 0 Å². The maximum absolute atomic E-state index is 13.2. The number of benzene rings is 2. The van der Waals surface area contributed by atoms with Crippen LogP contribution in [0.2, 0.25) is 0 Å². The molecule has 1 aliphatic rings. The highest BCUT2D eigenvalue weighted by atomic mass is 19.1. The maximum atomic E-state index is 13.2. The minimum Gasteiger partial charge on any atom is -0.493 e. The van der Waals surface area contributed by atoms with Crippen molar-refractivity contribution >= 4 is 17.5 Å². The molecule has 0 fully saturated rings. The van der Waals surface area contributed by atoms with Crippen molar-refractivity contribution in [3.8, 4) is 11.5 Å². The van der Waals surface area contributed by atoms with E-state index in [-0.39, 0.29) is 36.6 Å². The van der Waals surface area contributed by atoms with Crippen LogP contribution in [0.3, 0.4) is 0 Å². The van der Waals surface area contributed by atoms with E-state index in [4.69, 9.17) is 9.47 Å². The maximum Gasteiger partial charge on any atom is 0.263 e. The van der Waals surface area contributed by atoms with Gasteiger partial charge < -0.3 is 19.7 Å². The molecule has 6 nitrogen and oxygen atoms in total. The highest BCUT2D eigenvalue weighted by Gasteiger charge is 2.34. The summed E-state index contributed by atoms with van der Waals surface area (Å²) in [5.41, 5.74) is 0.658. The molecule has 1 N–H and O–H groups in total. The van der Waals surface area contributed by atoms with Crippen LogP contribution >= 0.6 is 0 Å². The summed E-state index contributed by atoms with van der Waals surface area (Å²) in [5, 5.41) is 3.00. The SMILES string of the molecule is CCC(CC)NC(=O)C1CN(C(=O)CCCOc2cccc(F)c2)c2ccccc2O1. The summed E-state index contributed by atoms with van der Waals surface area (Å²) in [7, 11) is 0. The second-order valence-corrected chi connectivity index (χ2v) is 7.51. The molecule has 2 aromatic carbocycles. The van der Waals surface area contributed by atoms with Gasteiger partial charge in [-0.05, 0) is 43.5 Å². The number of amides is 2. The van der Waals surface area contributed by atoms with E-state index in [1.807, 2.05) is 32.0 Å². The first kappa shape index (κ1) is 22.6. The average molecular weight is 429 g/mol. The van der Waals surface area contributed by atoms with Crippen LogP contribution in [0.15, 0.2) is 48.5 Å². The Kier molecular flexibility index (Phi) is 7.87. The van der Waals surface area contributed by atoms with Crippen molar-refractivity contribution in [2.24, 2.45) is 0 Å². The van der Waals surface area contributed by atoms with Crippen LogP contribution in [0.5, 0.6) is 11.5 Å². The van der Waals surface area contributed by atoms with E-state index < -0.39 is 6.10 Å². The van der Waals surface area contributed by atoms with Crippen molar-refractivity contribution in [3.05, 3.63) is 54.3 Å². The summed E-state index contributed by atoms with van der Waals surface area (Å²) in [5.74, 6) is 0.260. The van der Waals surface area contributed by atoms with Crippen LogP contribution in [-0.2, 0) is 9.59 Å². The number of rotatable bonds is 9.